The summed E-state index contributed by atoms with van der Waals surface area (Å²) < 4.78 is 5.11. The maximum atomic E-state index is 11.6. The van der Waals surface area contributed by atoms with Crippen molar-refractivity contribution in [1.29, 1.82) is 0 Å². The van der Waals surface area contributed by atoms with Gasteiger partial charge in [-0.1, -0.05) is 0 Å². The second kappa shape index (κ2) is 7.29. The van der Waals surface area contributed by atoms with Crippen molar-refractivity contribution in [3.8, 4) is 11.5 Å². The molecule has 0 saturated carbocycles. The molecule has 0 fully saturated rings. The number of nitrogens with zero attached hydrogens (tertiary/aromatic N) is 2. The molecule has 0 aliphatic rings. The Bertz CT molecular complexity index is 1020. The van der Waals surface area contributed by atoms with Crippen molar-refractivity contribution >= 4 is 23.5 Å². The van der Waals surface area contributed by atoms with Gasteiger partial charge in [-0.2, -0.15) is 0 Å². The zero-order chi connectivity index (χ0) is 19.4. The van der Waals surface area contributed by atoms with E-state index < -0.39 is 38.2 Å². The summed E-state index contributed by atoms with van der Waals surface area (Å²) >= 11 is 0. The van der Waals surface area contributed by atoms with Crippen molar-refractivity contribution in [3.05, 3.63) is 64.5 Å². The van der Waals surface area contributed by atoms with Crippen LogP contribution in [0.2, 0.25) is 0 Å². The van der Waals surface area contributed by atoms with Gasteiger partial charge in [-0.15, -0.1) is 0 Å². The molecule has 0 atom stereocenters. The molecule has 12 nitrogen and oxygen atoms in total. The first-order valence-electron chi connectivity index (χ1n) is 7.07. The van der Waals surface area contributed by atoms with E-state index in [0.717, 1.165) is 24.3 Å². The molecule has 1 aromatic heterocycles. The number of aromatic amines is 2. The monoisotopic (exact) mass is 364 g/mol. The van der Waals surface area contributed by atoms with E-state index >= 15 is 0 Å². The first-order valence-corrected chi connectivity index (χ1v) is 7.07. The van der Waals surface area contributed by atoms with E-state index in [1.165, 1.54) is 0 Å². The highest BCUT2D eigenvalue weighted by atomic mass is 16.6. The number of aromatic nitrogens is 2. The number of aromatic hydroxyl groups is 1. The Kier molecular flexibility index (Phi) is 5.15. The lowest BCUT2D eigenvalue weighted by atomic mass is 10.1. The quantitative estimate of drug-likeness (QED) is 0.504. The molecule has 0 unspecified atom stereocenters. The first-order chi connectivity index (χ1) is 12.2. The third kappa shape index (κ3) is 3.75. The molecular formula is C14H12N4O8. The summed E-state index contributed by atoms with van der Waals surface area (Å²) in [4.78, 5) is 46.9. The molecule has 26 heavy (non-hydrogen) atoms. The van der Waals surface area contributed by atoms with Crippen molar-refractivity contribution < 1.29 is 19.7 Å². The number of ether oxygens (including phenoxy) is 1. The molecule has 136 valence electrons. The minimum atomic E-state index is -1.21. The summed E-state index contributed by atoms with van der Waals surface area (Å²) in [6, 6.07) is 2.03. The summed E-state index contributed by atoms with van der Waals surface area (Å²) in [5.41, 5.74) is -4.03. The van der Waals surface area contributed by atoms with Gasteiger partial charge >= 0.3 is 16.9 Å². The van der Waals surface area contributed by atoms with E-state index in [9.17, 15) is 34.9 Å². The van der Waals surface area contributed by atoms with Crippen LogP contribution in [0.25, 0.3) is 12.2 Å². The van der Waals surface area contributed by atoms with Gasteiger partial charge < -0.3 is 14.8 Å². The van der Waals surface area contributed by atoms with Crippen LogP contribution >= 0.6 is 0 Å². The van der Waals surface area contributed by atoms with Gasteiger partial charge in [0.1, 0.15) is 5.69 Å². The number of benzene rings is 1. The molecular weight excluding hydrogens is 352 g/mol. The number of rotatable bonds is 6. The fraction of sp³-hybridized carbons (Fsp3) is 0.143. The van der Waals surface area contributed by atoms with Gasteiger partial charge in [-0.05, 0) is 19.1 Å². The van der Waals surface area contributed by atoms with Crippen molar-refractivity contribution in [2.45, 2.75) is 6.92 Å². The zero-order valence-corrected chi connectivity index (χ0v) is 13.2. The Balaban J connectivity index is 2.62. The predicted octanol–water partition coefficient (Wildman–Crippen LogP) is 1.15. The molecule has 2 aromatic rings. The highest BCUT2D eigenvalue weighted by Gasteiger charge is 2.20. The summed E-state index contributed by atoms with van der Waals surface area (Å²) in [5.74, 6) is -0.598. The molecule has 0 aliphatic heterocycles. The van der Waals surface area contributed by atoms with Gasteiger partial charge in [0, 0.05) is 11.6 Å². The average Bonchev–Trinajstić information content (AvgIpc) is 2.54. The summed E-state index contributed by atoms with van der Waals surface area (Å²) in [7, 11) is 0. The fourth-order valence-corrected chi connectivity index (χ4v) is 2.08. The van der Waals surface area contributed by atoms with Crippen LogP contribution < -0.4 is 16.0 Å². The van der Waals surface area contributed by atoms with E-state index in [-0.39, 0.29) is 23.6 Å². The van der Waals surface area contributed by atoms with Gasteiger partial charge in [0.2, 0.25) is 0 Å². The van der Waals surface area contributed by atoms with Crippen molar-refractivity contribution in [3.63, 3.8) is 0 Å². The number of hydrogen-bond acceptors (Lipinski definition) is 8. The number of H-pyrrole nitrogens is 2. The zero-order valence-electron chi connectivity index (χ0n) is 13.2. The van der Waals surface area contributed by atoms with E-state index in [4.69, 9.17) is 4.74 Å². The Morgan fingerprint density at radius 3 is 2.42 bits per heavy atom. The fourth-order valence-electron chi connectivity index (χ4n) is 2.08. The van der Waals surface area contributed by atoms with E-state index in [2.05, 4.69) is 4.98 Å². The maximum absolute atomic E-state index is 11.6. The largest absolute Gasteiger partial charge is 0.504 e. The van der Waals surface area contributed by atoms with Gasteiger partial charge in [0.15, 0.2) is 11.5 Å². The lowest BCUT2D eigenvalue weighted by Gasteiger charge is -2.08. The number of hydrogen-bond donors (Lipinski definition) is 3. The van der Waals surface area contributed by atoms with Gasteiger partial charge in [0.25, 0.3) is 5.69 Å². The van der Waals surface area contributed by atoms with Gasteiger partial charge in [-0.3, -0.25) is 30.0 Å². The number of nitro benzene ring substituents is 1. The second-order valence-corrected chi connectivity index (χ2v) is 4.83. The molecule has 0 aliphatic carbocycles. The van der Waals surface area contributed by atoms with Gasteiger partial charge in [0.05, 0.1) is 22.5 Å². The van der Waals surface area contributed by atoms with Crippen molar-refractivity contribution in [2.75, 3.05) is 6.61 Å². The molecule has 3 N–H and O–H groups in total. The Hall–Kier alpha value is -3.96. The van der Waals surface area contributed by atoms with Crippen LogP contribution in [0.5, 0.6) is 11.5 Å². The standard InChI is InChI=1S/C14H12N4O8/c1-2-26-10-6-8(17(22)23)5-7(12(10)19)3-4-9-11(18(24)25)13(20)16-14(21)15-9/h3-6,19H,2H2,1H3,(H2,15,16,20,21)/b4-3+. The molecule has 0 radical (unpaired) electrons. The number of non-ortho nitro benzene ring substituents is 1. The van der Waals surface area contributed by atoms with E-state index in [1.54, 1.807) is 11.9 Å². The van der Waals surface area contributed by atoms with Gasteiger partial charge in [-0.25, -0.2) is 4.79 Å². The average molecular weight is 364 g/mol. The first kappa shape index (κ1) is 18.4. The van der Waals surface area contributed by atoms with Crippen LogP contribution in [0.15, 0.2) is 21.7 Å². The Morgan fingerprint density at radius 2 is 1.85 bits per heavy atom. The number of phenols is 1. The molecule has 0 saturated heterocycles. The smallest absolute Gasteiger partial charge is 0.357 e. The number of nitro groups is 2. The summed E-state index contributed by atoms with van der Waals surface area (Å²) in [6.07, 6.45) is 2.05. The predicted molar refractivity (Wildman–Crippen MR) is 89.2 cm³/mol. The Labute approximate surface area is 143 Å². The second-order valence-electron chi connectivity index (χ2n) is 4.83. The molecule has 12 heteroatoms. The molecule has 0 spiro atoms. The minimum absolute atomic E-state index is 0.0990. The lowest BCUT2D eigenvalue weighted by Crippen LogP contribution is -2.25. The van der Waals surface area contributed by atoms with Crippen LogP contribution in [0.1, 0.15) is 18.2 Å². The highest BCUT2D eigenvalue weighted by Crippen LogP contribution is 2.35. The SMILES string of the molecule is CCOc1cc([N+](=O)[O-])cc(/C=C/c2[nH]c(=O)[nH]c(=O)c2[N+](=O)[O-])c1O. The minimum Gasteiger partial charge on any atom is -0.504 e. The summed E-state index contributed by atoms with van der Waals surface area (Å²) in [5, 5.41) is 32.1. The van der Waals surface area contributed by atoms with Crippen molar-refractivity contribution in [1.82, 2.24) is 9.97 Å². The van der Waals surface area contributed by atoms with Crippen LogP contribution in [0.4, 0.5) is 11.4 Å². The molecule has 0 bridgehead atoms. The topological polar surface area (TPSA) is 181 Å². The third-order valence-electron chi connectivity index (χ3n) is 3.16. The van der Waals surface area contributed by atoms with E-state index in [1.807, 2.05) is 0 Å². The lowest BCUT2D eigenvalue weighted by molar-refractivity contribution is -0.386. The Morgan fingerprint density at radius 1 is 1.15 bits per heavy atom. The normalized spacial score (nSPS) is 10.8. The number of phenolic OH excluding ortho intramolecular Hbond substituents is 1. The van der Waals surface area contributed by atoms with Crippen molar-refractivity contribution in [2.24, 2.45) is 0 Å². The number of nitrogens with one attached hydrogen (secondary N) is 2. The van der Waals surface area contributed by atoms with Crippen LogP contribution in [0, 0.1) is 20.2 Å². The van der Waals surface area contributed by atoms with E-state index in [0.29, 0.717) is 0 Å². The van der Waals surface area contributed by atoms with Crippen LogP contribution in [0.3, 0.4) is 0 Å². The highest BCUT2D eigenvalue weighted by molar-refractivity contribution is 5.76. The molecule has 2 rings (SSSR count). The van der Waals surface area contributed by atoms with Crippen LogP contribution in [-0.4, -0.2) is 31.5 Å². The van der Waals surface area contributed by atoms with Crippen LogP contribution in [-0.2, 0) is 0 Å². The molecule has 1 aromatic carbocycles. The maximum Gasteiger partial charge on any atom is 0.357 e. The molecule has 1 heterocycles. The molecule has 0 amide bonds. The third-order valence-corrected chi connectivity index (χ3v) is 3.16. The summed E-state index contributed by atoms with van der Waals surface area (Å²) in [6.45, 7) is 1.74.